The minimum Gasteiger partial charge on any atom is -0.372 e. The van der Waals surface area contributed by atoms with Gasteiger partial charge in [0.05, 0.1) is 11.7 Å². The van der Waals surface area contributed by atoms with E-state index < -0.39 is 0 Å². The minimum absolute atomic E-state index is 0.00944. The maximum atomic E-state index is 6.43. The smallest absolute Gasteiger partial charge is 0.0631 e. The molecule has 0 bridgehead atoms. The first-order chi connectivity index (χ1) is 9.42. The molecule has 1 heterocycles. The van der Waals surface area contributed by atoms with Crippen LogP contribution in [0.1, 0.15) is 38.7 Å². The molecule has 112 valence electrons. The number of halogens is 3. The van der Waals surface area contributed by atoms with Crippen LogP contribution >= 0.6 is 43.5 Å². The summed E-state index contributed by atoms with van der Waals surface area (Å²) in [7, 11) is 0. The van der Waals surface area contributed by atoms with E-state index in [9.17, 15) is 0 Å². The second-order valence-corrected chi connectivity index (χ2v) is 7.80. The van der Waals surface area contributed by atoms with Crippen LogP contribution in [0.4, 0.5) is 0 Å². The molecule has 2 rings (SSSR count). The van der Waals surface area contributed by atoms with Crippen molar-refractivity contribution in [2.24, 2.45) is 0 Å². The molecule has 20 heavy (non-hydrogen) atoms. The van der Waals surface area contributed by atoms with Crippen molar-refractivity contribution >= 4 is 43.5 Å². The molecule has 1 unspecified atom stereocenters. The van der Waals surface area contributed by atoms with E-state index in [-0.39, 0.29) is 11.0 Å². The van der Waals surface area contributed by atoms with Gasteiger partial charge in [0.2, 0.25) is 0 Å². The summed E-state index contributed by atoms with van der Waals surface area (Å²) in [5.74, 6) is 0. The summed E-state index contributed by atoms with van der Waals surface area (Å²) in [6, 6.07) is 8.14. The highest BCUT2D eigenvalue weighted by Gasteiger charge is 2.40. The summed E-state index contributed by atoms with van der Waals surface area (Å²) >= 11 is 13.8. The van der Waals surface area contributed by atoms with Crippen LogP contribution in [-0.4, -0.2) is 22.4 Å². The van der Waals surface area contributed by atoms with Gasteiger partial charge in [0, 0.05) is 21.1 Å². The highest BCUT2D eigenvalue weighted by Crippen LogP contribution is 2.42. The van der Waals surface area contributed by atoms with Crippen molar-refractivity contribution < 1.29 is 4.74 Å². The third-order valence-corrected chi connectivity index (χ3v) is 6.61. The Hall–Kier alpha value is 0.430. The van der Waals surface area contributed by atoms with E-state index in [2.05, 4.69) is 57.8 Å². The van der Waals surface area contributed by atoms with Gasteiger partial charge in [-0.2, -0.15) is 0 Å². The molecule has 0 aliphatic carbocycles. The van der Waals surface area contributed by atoms with Gasteiger partial charge in [-0.3, -0.25) is 0 Å². The van der Waals surface area contributed by atoms with E-state index in [1.807, 2.05) is 12.1 Å². The average Bonchev–Trinajstić information content (AvgIpc) is 2.76. The average molecular weight is 425 g/mol. The number of rotatable bonds is 5. The van der Waals surface area contributed by atoms with E-state index in [0.717, 1.165) is 34.9 Å². The van der Waals surface area contributed by atoms with Crippen molar-refractivity contribution in [3.05, 3.63) is 34.9 Å². The molecule has 0 spiro atoms. The van der Waals surface area contributed by atoms with Gasteiger partial charge in [-0.15, -0.1) is 0 Å². The number of hydrogen-bond acceptors (Lipinski definition) is 1. The molecule has 1 aromatic carbocycles. The van der Waals surface area contributed by atoms with Crippen molar-refractivity contribution in [1.29, 1.82) is 0 Å². The molecule has 0 aromatic heterocycles. The van der Waals surface area contributed by atoms with E-state index in [1.54, 1.807) is 0 Å². The van der Waals surface area contributed by atoms with Crippen molar-refractivity contribution in [3.63, 3.8) is 0 Å². The molecule has 1 aliphatic rings. The van der Waals surface area contributed by atoms with Crippen LogP contribution in [-0.2, 0) is 10.2 Å². The van der Waals surface area contributed by atoms with E-state index in [0.29, 0.717) is 6.10 Å². The maximum Gasteiger partial charge on any atom is 0.0631 e. The predicted octanol–water partition coefficient (Wildman–Crippen LogP) is 5.72. The van der Waals surface area contributed by atoms with Crippen molar-refractivity contribution in [1.82, 2.24) is 0 Å². The Balaban J connectivity index is 2.25. The third-order valence-electron chi connectivity index (χ3n) is 4.13. The second-order valence-electron chi connectivity index (χ2n) is 6.27. The van der Waals surface area contributed by atoms with Gasteiger partial charge in [0.1, 0.15) is 0 Å². The van der Waals surface area contributed by atoms with E-state index in [1.165, 1.54) is 5.56 Å². The normalized spacial score (nSPS) is 22.1. The van der Waals surface area contributed by atoms with Gasteiger partial charge in [0.25, 0.3) is 0 Å². The van der Waals surface area contributed by atoms with Crippen LogP contribution in [0.25, 0.3) is 0 Å². The van der Waals surface area contributed by atoms with E-state index in [4.69, 9.17) is 16.3 Å². The Kier molecular flexibility index (Phi) is 5.61. The number of benzene rings is 1. The molecule has 1 aromatic rings. The Morgan fingerprint density at radius 2 is 1.95 bits per heavy atom. The molecule has 1 fully saturated rings. The summed E-state index contributed by atoms with van der Waals surface area (Å²) in [5.41, 5.74) is 1.18. The molecule has 4 heteroatoms. The Morgan fingerprint density at radius 3 is 2.45 bits per heavy atom. The molecule has 0 N–H and O–H groups in total. The third kappa shape index (κ3) is 3.60. The summed E-state index contributed by atoms with van der Waals surface area (Å²) < 4.78 is 6.18. The molecule has 0 saturated carbocycles. The second kappa shape index (κ2) is 6.68. The highest BCUT2D eigenvalue weighted by atomic mass is 79.9. The molecular formula is C16H21Br2ClO. The summed E-state index contributed by atoms with van der Waals surface area (Å²) in [6.45, 7) is 4.35. The van der Waals surface area contributed by atoms with Crippen molar-refractivity contribution in [2.75, 3.05) is 10.7 Å². The summed E-state index contributed by atoms with van der Waals surface area (Å²) in [4.78, 5) is 0. The quantitative estimate of drug-likeness (QED) is 0.550. The molecule has 0 radical (unpaired) electrons. The van der Waals surface area contributed by atoms with Crippen LogP contribution < -0.4 is 0 Å². The van der Waals surface area contributed by atoms with Crippen molar-refractivity contribution in [2.45, 2.75) is 50.2 Å². The monoisotopic (exact) mass is 422 g/mol. The first-order valence-corrected chi connectivity index (χ1v) is 9.59. The zero-order valence-corrected chi connectivity index (χ0v) is 15.9. The molecule has 1 aliphatic heterocycles. The number of alkyl halides is 2. The first kappa shape index (κ1) is 16.8. The van der Waals surface area contributed by atoms with Crippen molar-refractivity contribution in [3.8, 4) is 0 Å². The molecular weight excluding hydrogens is 403 g/mol. The highest BCUT2D eigenvalue weighted by molar-refractivity contribution is 9.09. The fourth-order valence-corrected chi connectivity index (χ4v) is 5.27. The lowest BCUT2D eigenvalue weighted by atomic mass is 9.79. The predicted molar refractivity (Wildman–Crippen MR) is 93.5 cm³/mol. The van der Waals surface area contributed by atoms with Crippen LogP contribution in [0, 0.1) is 0 Å². The number of hydrogen-bond donors (Lipinski definition) is 0. The van der Waals surface area contributed by atoms with Crippen LogP contribution in [0.15, 0.2) is 24.3 Å². The SMILES string of the molecule is CC1(C)CCC(CC(CBr)(CBr)c2ccccc2Cl)O1. The molecule has 1 saturated heterocycles. The van der Waals surface area contributed by atoms with E-state index >= 15 is 0 Å². The zero-order valence-electron chi connectivity index (χ0n) is 12.0. The fourth-order valence-electron chi connectivity index (χ4n) is 2.95. The Labute approximate surface area is 143 Å². The fraction of sp³-hybridized carbons (Fsp3) is 0.625. The van der Waals surface area contributed by atoms with Gasteiger partial charge >= 0.3 is 0 Å². The van der Waals surface area contributed by atoms with Gasteiger partial charge in [-0.05, 0) is 44.7 Å². The van der Waals surface area contributed by atoms with Gasteiger partial charge in [-0.1, -0.05) is 61.7 Å². The van der Waals surface area contributed by atoms with Gasteiger partial charge in [-0.25, -0.2) is 0 Å². The largest absolute Gasteiger partial charge is 0.372 e. The summed E-state index contributed by atoms with van der Waals surface area (Å²) in [6.07, 6.45) is 3.54. The Bertz CT molecular complexity index is 458. The lowest BCUT2D eigenvalue weighted by Crippen LogP contribution is -2.35. The minimum atomic E-state index is -0.0244. The van der Waals surface area contributed by atoms with Gasteiger partial charge in [0.15, 0.2) is 0 Å². The first-order valence-electron chi connectivity index (χ1n) is 6.97. The lowest BCUT2D eigenvalue weighted by Gasteiger charge is -2.34. The topological polar surface area (TPSA) is 9.23 Å². The molecule has 1 atom stereocenters. The standard InChI is InChI=1S/C16H21Br2ClO/c1-15(2)8-7-12(20-15)9-16(10-17,11-18)13-5-3-4-6-14(13)19/h3-6,12H,7-11H2,1-2H3. The number of ether oxygens (including phenoxy) is 1. The summed E-state index contributed by atoms with van der Waals surface area (Å²) in [5, 5.41) is 2.58. The van der Waals surface area contributed by atoms with Crippen LogP contribution in [0.2, 0.25) is 5.02 Å². The molecule has 1 nitrogen and oxygen atoms in total. The van der Waals surface area contributed by atoms with Crippen LogP contribution in [0.5, 0.6) is 0 Å². The van der Waals surface area contributed by atoms with Gasteiger partial charge < -0.3 is 4.74 Å². The maximum absolute atomic E-state index is 6.43. The van der Waals surface area contributed by atoms with Crippen LogP contribution in [0.3, 0.4) is 0 Å². The zero-order chi connectivity index (χ0) is 14.8. The Morgan fingerprint density at radius 1 is 1.30 bits per heavy atom. The molecule has 0 amide bonds. The lowest BCUT2D eigenvalue weighted by molar-refractivity contribution is -0.0247.